The van der Waals surface area contributed by atoms with Crippen molar-refractivity contribution >= 4 is 27.8 Å². The van der Waals surface area contributed by atoms with Crippen LogP contribution >= 0.6 is 0 Å². The van der Waals surface area contributed by atoms with Crippen LogP contribution in [0, 0.1) is 0 Å². The van der Waals surface area contributed by atoms with Crippen LogP contribution in [0.2, 0.25) is 0 Å². The number of carbonyl (C=O) groups is 1. The Kier molecular flexibility index (Phi) is 3.91. The number of anilines is 1. The van der Waals surface area contributed by atoms with Gasteiger partial charge in [-0.25, -0.2) is 9.48 Å². The third-order valence-electron chi connectivity index (χ3n) is 4.43. The summed E-state index contributed by atoms with van der Waals surface area (Å²) in [6.07, 6.45) is 5.38. The molecule has 0 spiro atoms. The molecule has 11 nitrogen and oxygen atoms in total. The molecule has 1 aromatic heterocycles. The predicted molar refractivity (Wildman–Crippen MR) is 86.8 cm³/mol. The Labute approximate surface area is 144 Å². The van der Waals surface area contributed by atoms with E-state index in [9.17, 15) is 13.2 Å². The number of carbonyl (C=O) groups excluding carboxylic acids is 1. The molecule has 2 amide bonds. The molecule has 0 saturated carbocycles. The second-order valence-corrected chi connectivity index (χ2v) is 7.10. The number of rotatable bonds is 4. The summed E-state index contributed by atoms with van der Waals surface area (Å²) >= 11 is 0. The van der Waals surface area contributed by atoms with Gasteiger partial charge in [0.25, 0.3) is 0 Å². The van der Waals surface area contributed by atoms with Crippen molar-refractivity contribution in [2.24, 2.45) is 0 Å². The number of nitrogens with zero attached hydrogens (tertiary/aromatic N) is 5. The van der Waals surface area contributed by atoms with Crippen LogP contribution in [-0.4, -0.2) is 84.1 Å². The highest BCUT2D eigenvalue weighted by atomic mass is 32.3. The molecule has 12 heteroatoms. The minimum Gasteiger partial charge on any atom is -0.366 e. The molecule has 2 bridgehead atoms. The van der Waals surface area contributed by atoms with E-state index in [4.69, 9.17) is 4.55 Å². The van der Waals surface area contributed by atoms with Gasteiger partial charge >= 0.3 is 16.4 Å². The van der Waals surface area contributed by atoms with Crippen molar-refractivity contribution in [3.05, 3.63) is 18.5 Å². The summed E-state index contributed by atoms with van der Waals surface area (Å²) in [5.41, 5.74) is 1.74. The van der Waals surface area contributed by atoms with Crippen LogP contribution in [0.15, 0.2) is 18.5 Å². The standard InChI is InChI=1S/C13H18N6O5S/c20-13-17-7-10(5-11(8-17)19(13)24-25(21,22)23)18-9-12(6-15-18)16-3-1-14-2-4-16/h5-6,9,11,14H,1-4,7-8H2,(H,21,22,23). The number of urea groups is 1. The quantitative estimate of drug-likeness (QED) is 0.647. The molecule has 0 aliphatic carbocycles. The van der Waals surface area contributed by atoms with Gasteiger partial charge in [0, 0.05) is 32.7 Å². The minimum atomic E-state index is -4.76. The van der Waals surface area contributed by atoms with Crippen molar-refractivity contribution in [1.82, 2.24) is 25.1 Å². The molecular formula is C13H18N6O5S. The van der Waals surface area contributed by atoms with Gasteiger partial charge in [-0.15, -0.1) is 4.28 Å². The number of hydrogen-bond acceptors (Lipinski definition) is 7. The first-order valence-electron chi connectivity index (χ1n) is 7.87. The summed E-state index contributed by atoms with van der Waals surface area (Å²) in [6.45, 7) is 4.20. The van der Waals surface area contributed by atoms with Gasteiger partial charge < -0.3 is 15.1 Å². The Balaban J connectivity index is 1.55. The zero-order chi connectivity index (χ0) is 17.6. The molecule has 3 aliphatic rings. The van der Waals surface area contributed by atoms with E-state index < -0.39 is 22.5 Å². The summed E-state index contributed by atoms with van der Waals surface area (Å²) in [4.78, 5) is 15.8. The average molecular weight is 370 g/mol. The van der Waals surface area contributed by atoms with Crippen molar-refractivity contribution in [2.75, 3.05) is 44.2 Å². The van der Waals surface area contributed by atoms with Crippen molar-refractivity contribution in [2.45, 2.75) is 6.04 Å². The van der Waals surface area contributed by atoms with Crippen LogP contribution in [0.1, 0.15) is 0 Å². The fraction of sp³-hybridized carbons (Fsp3) is 0.538. The number of aromatic nitrogens is 2. The normalized spacial score (nSPS) is 24.0. The van der Waals surface area contributed by atoms with Gasteiger partial charge in [-0.2, -0.15) is 18.6 Å². The molecule has 3 aliphatic heterocycles. The predicted octanol–water partition coefficient (Wildman–Crippen LogP) is -1.01. The maximum Gasteiger partial charge on any atom is 0.418 e. The average Bonchev–Trinajstić information content (AvgIpc) is 3.15. The molecule has 4 heterocycles. The van der Waals surface area contributed by atoms with E-state index in [1.165, 1.54) is 4.90 Å². The number of piperazine rings is 1. The van der Waals surface area contributed by atoms with Crippen LogP contribution in [0.25, 0.3) is 5.70 Å². The van der Waals surface area contributed by atoms with Gasteiger partial charge in [0.2, 0.25) is 0 Å². The highest BCUT2D eigenvalue weighted by Gasteiger charge is 2.43. The van der Waals surface area contributed by atoms with Gasteiger partial charge in [0.1, 0.15) is 6.04 Å². The highest BCUT2D eigenvalue weighted by Crippen LogP contribution is 2.28. The molecule has 2 N–H and O–H groups in total. The van der Waals surface area contributed by atoms with Crippen molar-refractivity contribution in [3.63, 3.8) is 0 Å². The molecule has 1 aromatic rings. The fourth-order valence-corrected chi connectivity index (χ4v) is 3.65. The lowest BCUT2D eigenvalue weighted by Gasteiger charge is -2.27. The Bertz CT molecular complexity index is 815. The van der Waals surface area contributed by atoms with E-state index in [-0.39, 0.29) is 6.54 Å². The smallest absolute Gasteiger partial charge is 0.366 e. The first-order valence-corrected chi connectivity index (χ1v) is 9.24. The number of hydroxylamine groups is 2. The third-order valence-corrected chi connectivity index (χ3v) is 4.77. The van der Waals surface area contributed by atoms with E-state index in [0.717, 1.165) is 37.6 Å². The number of nitrogens with one attached hydrogen (secondary N) is 1. The van der Waals surface area contributed by atoms with Gasteiger partial charge in [-0.1, -0.05) is 0 Å². The molecule has 2 saturated heterocycles. The molecule has 1 unspecified atom stereocenters. The molecule has 136 valence electrons. The summed E-state index contributed by atoms with van der Waals surface area (Å²) in [6, 6.07) is -1.21. The van der Waals surface area contributed by atoms with E-state index in [1.54, 1.807) is 17.0 Å². The molecular weight excluding hydrogens is 352 g/mol. The van der Waals surface area contributed by atoms with Crippen LogP contribution < -0.4 is 10.2 Å². The van der Waals surface area contributed by atoms with Gasteiger partial charge in [-0.3, -0.25) is 4.55 Å². The maximum atomic E-state index is 12.2. The summed E-state index contributed by atoms with van der Waals surface area (Å²) in [7, 11) is -4.76. The Morgan fingerprint density at radius 2 is 2.04 bits per heavy atom. The summed E-state index contributed by atoms with van der Waals surface area (Å²) in [5.74, 6) is 0. The third kappa shape index (κ3) is 3.20. The van der Waals surface area contributed by atoms with E-state index in [0.29, 0.717) is 11.6 Å². The largest absolute Gasteiger partial charge is 0.418 e. The monoisotopic (exact) mass is 370 g/mol. The first-order chi connectivity index (χ1) is 11.9. The minimum absolute atomic E-state index is 0.281. The maximum absolute atomic E-state index is 12.2. The number of amides is 2. The molecule has 0 aromatic carbocycles. The number of hydrogen-bond donors (Lipinski definition) is 2. The number of fused-ring (bicyclic) bond motifs is 2. The second kappa shape index (κ2) is 5.98. The summed E-state index contributed by atoms with van der Waals surface area (Å²) < 4.78 is 36.8. The van der Waals surface area contributed by atoms with Gasteiger partial charge in [0.05, 0.1) is 30.3 Å². The first kappa shape index (κ1) is 16.3. The van der Waals surface area contributed by atoms with Crippen molar-refractivity contribution in [1.29, 1.82) is 0 Å². The molecule has 1 atom stereocenters. The van der Waals surface area contributed by atoms with Crippen LogP contribution in [0.4, 0.5) is 10.5 Å². The topological polar surface area (TPSA) is 120 Å². The molecule has 0 radical (unpaired) electrons. The molecule has 25 heavy (non-hydrogen) atoms. The highest BCUT2D eigenvalue weighted by molar-refractivity contribution is 7.80. The zero-order valence-corrected chi connectivity index (χ0v) is 14.1. The zero-order valence-electron chi connectivity index (χ0n) is 13.3. The van der Waals surface area contributed by atoms with Crippen LogP contribution in [-0.2, 0) is 14.7 Å². The lowest BCUT2D eigenvalue weighted by molar-refractivity contribution is -0.0183. The van der Waals surface area contributed by atoms with Gasteiger partial charge in [0.15, 0.2) is 0 Å². The summed E-state index contributed by atoms with van der Waals surface area (Å²) in [5, 5.41) is 8.32. The van der Waals surface area contributed by atoms with Crippen LogP contribution in [0.3, 0.4) is 0 Å². The van der Waals surface area contributed by atoms with E-state index >= 15 is 0 Å². The molecule has 2 fully saturated rings. The van der Waals surface area contributed by atoms with Crippen LogP contribution in [0.5, 0.6) is 0 Å². The van der Waals surface area contributed by atoms with Gasteiger partial charge in [-0.05, 0) is 6.08 Å². The van der Waals surface area contributed by atoms with E-state index in [2.05, 4.69) is 19.6 Å². The Morgan fingerprint density at radius 3 is 2.76 bits per heavy atom. The molecule has 4 rings (SSSR count). The second-order valence-electron chi connectivity index (χ2n) is 6.10. The Morgan fingerprint density at radius 1 is 1.28 bits per heavy atom. The lowest BCUT2D eigenvalue weighted by atomic mass is 10.2. The van der Waals surface area contributed by atoms with Crippen molar-refractivity contribution in [3.8, 4) is 0 Å². The van der Waals surface area contributed by atoms with Crippen molar-refractivity contribution < 1.29 is 22.0 Å². The Hall–Kier alpha value is -2.15. The van der Waals surface area contributed by atoms with E-state index in [1.807, 2.05) is 6.20 Å². The lowest BCUT2D eigenvalue weighted by Crippen LogP contribution is -2.43. The SMILES string of the molecule is O=C1N2CC(n3cc(N4CCNCC4)cn3)=CC(C2)N1OS(=O)(=O)O. The fourth-order valence-electron chi connectivity index (χ4n) is 3.28.